The molecule has 1 aromatic rings. The summed E-state index contributed by atoms with van der Waals surface area (Å²) < 4.78 is 11.4. The molecule has 1 fully saturated rings. The molecule has 1 atom stereocenters. The lowest BCUT2D eigenvalue weighted by Crippen LogP contribution is -2.27. The van der Waals surface area contributed by atoms with E-state index in [0.29, 0.717) is 6.61 Å². The minimum atomic E-state index is -0.322. The predicted octanol–water partition coefficient (Wildman–Crippen LogP) is 2.01. The lowest BCUT2D eigenvalue weighted by atomic mass is 10.0. The number of aromatic nitrogens is 2. The fraction of sp³-hybridized carbons (Fsp3) is 0.714. The zero-order valence-electron chi connectivity index (χ0n) is 11.7. The van der Waals surface area contributed by atoms with E-state index in [9.17, 15) is 0 Å². The molecule has 1 N–H and O–H groups in total. The first-order chi connectivity index (χ1) is 9.23. The summed E-state index contributed by atoms with van der Waals surface area (Å²) >= 11 is 0. The van der Waals surface area contributed by atoms with E-state index in [4.69, 9.17) is 19.4 Å². The molecule has 19 heavy (non-hydrogen) atoms. The second kappa shape index (κ2) is 5.06. The van der Waals surface area contributed by atoms with E-state index in [1.54, 1.807) is 0 Å². The van der Waals surface area contributed by atoms with E-state index < -0.39 is 0 Å². The number of nitrogens with one attached hydrogen (secondary N) is 1. The van der Waals surface area contributed by atoms with Crippen LogP contribution in [0.25, 0.3) is 0 Å². The van der Waals surface area contributed by atoms with Crippen molar-refractivity contribution in [2.45, 2.75) is 45.3 Å². The number of anilines is 1. The van der Waals surface area contributed by atoms with Crippen molar-refractivity contribution in [3.05, 3.63) is 17.1 Å². The highest BCUT2D eigenvalue weighted by Gasteiger charge is 2.36. The van der Waals surface area contributed by atoms with Gasteiger partial charge in [-0.3, -0.25) is 0 Å². The summed E-state index contributed by atoms with van der Waals surface area (Å²) in [5, 5.41) is 3.33. The Hall–Kier alpha value is -1.20. The van der Waals surface area contributed by atoms with Crippen LogP contribution in [0.5, 0.6) is 0 Å². The Morgan fingerprint density at radius 1 is 1.32 bits per heavy atom. The normalized spacial score (nSPS) is 26.2. The SMILES string of the molecule is CCNc1nc(C2(C)CCCO2)nc2c1COCC2. The fourth-order valence-corrected chi connectivity index (χ4v) is 2.74. The van der Waals surface area contributed by atoms with Crippen molar-refractivity contribution < 1.29 is 9.47 Å². The van der Waals surface area contributed by atoms with Crippen LogP contribution in [0.1, 0.15) is 43.8 Å². The largest absolute Gasteiger partial charge is 0.376 e. The molecule has 3 heterocycles. The first kappa shape index (κ1) is 12.8. The second-order valence-corrected chi connectivity index (χ2v) is 5.34. The molecule has 5 nitrogen and oxygen atoms in total. The van der Waals surface area contributed by atoms with Crippen LogP contribution in [0, 0.1) is 0 Å². The number of hydrogen-bond acceptors (Lipinski definition) is 5. The maximum absolute atomic E-state index is 5.87. The lowest BCUT2D eigenvalue weighted by Gasteiger charge is -2.26. The summed E-state index contributed by atoms with van der Waals surface area (Å²) in [6.45, 7) is 7.17. The Balaban J connectivity index is 2.03. The Bertz CT molecular complexity index is 470. The Morgan fingerprint density at radius 3 is 2.95 bits per heavy atom. The van der Waals surface area contributed by atoms with Crippen molar-refractivity contribution in [3.8, 4) is 0 Å². The van der Waals surface area contributed by atoms with Crippen LogP contribution in [0.15, 0.2) is 0 Å². The monoisotopic (exact) mass is 263 g/mol. The van der Waals surface area contributed by atoms with Gasteiger partial charge in [0.05, 0.1) is 18.9 Å². The minimum absolute atomic E-state index is 0.322. The molecular weight excluding hydrogens is 242 g/mol. The van der Waals surface area contributed by atoms with Crippen molar-refractivity contribution >= 4 is 5.82 Å². The van der Waals surface area contributed by atoms with Crippen LogP contribution in [0.4, 0.5) is 5.82 Å². The highest BCUT2D eigenvalue weighted by molar-refractivity contribution is 5.47. The van der Waals surface area contributed by atoms with E-state index in [-0.39, 0.29) is 5.60 Å². The van der Waals surface area contributed by atoms with E-state index in [1.807, 2.05) is 0 Å². The highest BCUT2D eigenvalue weighted by Crippen LogP contribution is 2.35. The summed E-state index contributed by atoms with van der Waals surface area (Å²) in [4.78, 5) is 9.46. The minimum Gasteiger partial charge on any atom is -0.376 e. The molecule has 5 heteroatoms. The molecule has 0 aliphatic carbocycles. The van der Waals surface area contributed by atoms with E-state index in [2.05, 4.69) is 19.2 Å². The molecule has 0 radical (unpaired) electrons. The first-order valence-corrected chi connectivity index (χ1v) is 7.09. The molecule has 0 aromatic carbocycles. The Labute approximate surface area is 113 Å². The molecule has 0 spiro atoms. The van der Waals surface area contributed by atoms with Crippen molar-refractivity contribution in [2.75, 3.05) is 25.1 Å². The van der Waals surface area contributed by atoms with Gasteiger partial charge in [0, 0.05) is 25.1 Å². The van der Waals surface area contributed by atoms with Gasteiger partial charge in [0.25, 0.3) is 0 Å². The third-order valence-corrected chi connectivity index (χ3v) is 3.86. The van der Waals surface area contributed by atoms with Gasteiger partial charge in [-0.05, 0) is 26.7 Å². The maximum atomic E-state index is 5.87. The van der Waals surface area contributed by atoms with Gasteiger partial charge in [-0.15, -0.1) is 0 Å². The van der Waals surface area contributed by atoms with E-state index >= 15 is 0 Å². The first-order valence-electron chi connectivity index (χ1n) is 7.09. The Morgan fingerprint density at radius 2 is 2.21 bits per heavy atom. The van der Waals surface area contributed by atoms with Gasteiger partial charge in [0.1, 0.15) is 11.4 Å². The van der Waals surface area contributed by atoms with Gasteiger partial charge in [0.2, 0.25) is 0 Å². The molecule has 1 saturated heterocycles. The average Bonchev–Trinajstić information content (AvgIpc) is 2.87. The van der Waals surface area contributed by atoms with Crippen molar-refractivity contribution in [1.29, 1.82) is 0 Å². The third kappa shape index (κ3) is 2.32. The van der Waals surface area contributed by atoms with Crippen LogP contribution in [0.2, 0.25) is 0 Å². The fourth-order valence-electron chi connectivity index (χ4n) is 2.74. The molecule has 104 valence electrons. The predicted molar refractivity (Wildman–Crippen MR) is 72.1 cm³/mol. The topological polar surface area (TPSA) is 56.3 Å². The molecule has 1 aromatic heterocycles. The van der Waals surface area contributed by atoms with Gasteiger partial charge in [0.15, 0.2) is 5.82 Å². The van der Waals surface area contributed by atoms with Gasteiger partial charge >= 0.3 is 0 Å². The molecule has 0 bridgehead atoms. The molecule has 2 aliphatic rings. The molecule has 0 amide bonds. The highest BCUT2D eigenvalue weighted by atomic mass is 16.5. The summed E-state index contributed by atoms with van der Waals surface area (Å²) in [6, 6.07) is 0. The average molecular weight is 263 g/mol. The van der Waals surface area contributed by atoms with Gasteiger partial charge < -0.3 is 14.8 Å². The lowest BCUT2D eigenvalue weighted by molar-refractivity contribution is 0.00877. The smallest absolute Gasteiger partial charge is 0.162 e. The summed E-state index contributed by atoms with van der Waals surface area (Å²) in [5.41, 5.74) is 1.90. The number of nitrogens with zero attached hydrogens (tertiary/aromatic N) is 2. The van der Waals surface area contributed by atoms with E-state index in [0.717, 1.165) is 61.9 Å². The Kier molecular flexibility index (Phi) is 3.41. The molecule has 2 aliphatic heterocycles. The quantitative estimate of drug-likeness (QED) is 0.904. The zero-order chi connectivity index (χ0) is 13.3. The number of hydrogen-bond donors (Lipinski definition) is 1. The molecule has 0 saturated carbocycles. The van der Waals surface area contributed by atoms with Crippen molar-refractivity contribution in [1.82, 2.24) is 9.97 Å². The number of rotatable bonds is 3. The molecular formula is C14H21N3O2. The standard InChI is InChI=1S/C14H21N3O2/c1-3-15-12-10-9-18-8-5-11(10)16-13(17-12)14(2)6-4-7-19-14/h3-9H2,1-2H3,(H,15,16,17). The maximum Gasteiger partial charge on any atom is 0.162 e. The van der Waals surface area contributed by atoms with Gasteiger partial charge in [-0.25, -0.2) is 9.97 Å². The second-order valence-electron chi connectivity index (χ2n) is 5.34. The van der Waals surface area contributed by atoms with Gasteiger partial charge in [-0.1, -0.05) is 0 Å². The van der Waals surface area contributed by atoms with Crippen LogP contribution in [-0.2, 0) is 28.1 Å². The summed E-state index contributed by atoms with van der Waals surface area (Å²) in [7, 11) is 0. The summed E-state index contributed by atoms with van der Waals surface area (Å²) in [5.74, 6) is 1.74. The van der Waals surface area contributed by atoms with E-state index in [1.165, 1.54) is 0 Å². The number of ether oxygens (including phenoxy) is 2. The zero-order valence-corrected chi connectivity index (χ0v) is 11.7. The van der Waals surface area contributed by atoms with Crippen LogP contribution in [-0.4, -0.2) is 29.7 Å². The third-order valence-electron chi connectivity index (χ3n) is 3.86. The van der Waals surface area contributed by atoms with Crippen LogP contribution >= 0.6 is 0 Å². The summed E-state index contributed by atoms with van der Waals surface area (Å²) in [6.07, 6.45) is 2.93. The molecule has 1 unspecified atom stereocenters. The van der Waals surface area contributed by atoms with Crippen LogP contribution in [0.3, 0.4) is 0 Å². The number of fused-ring (bicyclic) bond motifs is 1. The molecule has 3 rings (SSSR count). The van der Waals surface area contributed by atoms with Crippen LogP contribution < -0.4 is 5.32 Å². The van der Waals surface area contributed by atoms with Crippen molar-refractivity contribution in [2.24, 2.45) is 0 Å². The van der Waals surface area contributed by atoms with Gasteiger partial charge in [-0.2, -0.15) is 0 Å². The van der Waals surface area contributed by atoms with Crippen molar-refractivity contribution in [3.63, 3.8) is 0 Å².